The number of nitrogens with zero attached hydrogens (tertiary/aromatic N) is 3. The van der Waals surface area contributed by atoms with Gasteiger partial charge in [-0.25, -0.2) is 18.3 Å². The second kappa shape index (κ2) is 12.0. The predicted octanol–water partition coefficient (Wildman–Crippen LogP) is 5.28. The van der Waals surface area contributed by atoms with Crippen LogP contribution in [0.15, 0.2) is 66.7 Å². The summed E-state index contributed by atoms with van der Waals surface area (Å²) in [7, 11) is 1.58. The minimum Gasteiger partial charge on any atom is -0.497 e. The number of carbonyl (C=O) groups is 1. The Hall–Kier alpha value is -4.51. The van der Waals surface area contributed by atoms with Gasteiger partial charge in [-0.1, -0.05) is 6.07 Å². The van der Waals surface area contributed by atoms with E-state index in [9.17, 15) is 13.6 Å². The van der Waals surface area contributed by atoms with Gasteiger partial charge in [0.2, 0.25) is 0 Å². The second-order valence-electron chi connectivity index (χ2n) is 7.66. The summed E-state index contributed by atoms with van der Waals surface area (Å²) in [6.07, 6.45) is 0. The van der Waals surface area contributed by atoms with Crippen LogP contribution >= 0.6 is 0 Å². The zero-order chi connectivity index (χ0) is 26.2. The molecule has 0 spiro atoms. The number of urea groups is 1. The van der Waals surface area contributed by atoms with Crippen LogP contribution < -0.4 is 20.1 Å². The lowest BCUT2D eigenvalue weighted by Gasteiger charge is -2.11. The van der Waals surface area contributed by atoms with E-state index in [-0.39, 0.29) is 18.3 Å². The summed E-state index contributed by atoms with van der Waals surface area (Å²) in [5.41, 5.74) is 1.61. The molecule has 1 aromatic heterocycles. The van der Waals surface area contributed by atoms with Crippen LogP contribution in [-0.4, -0.2) is 47.7 Å². The summed E-state index contributed by atoms with van der Waals surface area (Å²) in [5.74, 6) is -0.424. The third-order valence-electron chi connectivity index (χ3n) is 5.13. The molecular formula is C26H25F2N5O4. The van der Waals surface area contributed by atoms with E-state index in [1.54, 1.807) is 48.2 Å². The molecule has 0 aliphatic rings. The molecule has 9 nitrogen and oxygen atoms in total. The average Bonchev–Trinajstić information content (AvgIpc) is 3.33. The number of hydrogen-bond acceptors (Lipinski definition) is 6. The van der Waals surface area contributed by atoms with Crippen LogP contribution in [-0.2, 0) is 4.74 Å². The summed E-state index contributed by atoms with van der Waals surface area (Å²) < 4.78 is 44.8. The van der Waals surface area contributed by atoms with E-state index in [1.165, 1.54) is 0 Å². The molecule has 0 bridgehead atoms. The smallest absolute Gasteiger partial charge is 0.336 e. The number of ether oxygens (including phenoxy) is 3. The first-order valence-corrected chi connectivity index (χ1v) is 11.4. The molecule has 0 aliphatic heterocycles. The number of halogens is 2. The van der Waals surface area contributed by atoms with Crippen molar-refractivity contribution in [3.8, 4) is 28.8 Å². The van der Waals surface area contributed by atoms with E-state index in [0.717, 1.165) is 17.7 Å². The van der Waals surface area contributed by atoms with Crippen molar-refractivity contribution in [2.75, 3.05) is 37.6 Å². The Morgan fingerprint density at radius 1 is 1.00 bits per heavy atom. The van der Waals surface area contributed by atoms with Gasteiger partial charge in [-0.05, 0) is 61.5 Å². The summed E-state index contributed by atoms with van der Waals surface area (Å²) in [6, 6.07) is 16.5. The van der Waals surface area contributed by atoms with Crippen molar-refractivity contribution in [3.63, 3.8) is 0 Å². The minimum atomic E-state index is -0.882. The van der Waals surface area contributed by atoms with Gasteiger partial charge in [0.15, 0.2) is 5.82 Å². The standard InChI is InChI=1S/C26H25F2N5O4/c1-3-36-13-14-37-26-31-24(17-7-10-21(35-2)11-8-17)33(32-26)20-6-4-5-19(16-20)29-25(34)30-23-12-9-18(27)15-22(23)28/h4-12,15-16H,3,13-14H2,1-2H3,(H2,29,30,34). The van der Waals surface area contributed by atoms with Gasteiger partial charge in [0, 0.05) is 23.9 Å². The summed E-state index contributed by atoms with van der Waals surface area (Å²) in [6.45, 7) is 3.14. The number of rotatable bonds is 10. The average molecular weight is 510 g/mol. The maximum absolute atomic E-state index is 13.9. The minimum absolute atomic E-state index is 0.151. The predicted molar refractivity (Wildman–Crippen MR) is 134 cm³/mol. The number of carbonyl (C=O) groups excluding carboxylic acids is 1. The molecule has 1 heterocycles. The number of methoxy groups -OCH3 is 1. The Morgan fingerprint density at radius 2 is 1.81 bits per heavy atom. The third kappa shape index (κ3) is 6.58. The van der Waals surface area contributed by atoms with E-state index in [4.69, 9.17) is 14.2 Å². The number of nitrogens with one attached hydrogen (secondary N) is 2. The highest BCUT2D eigenvalue weighted by atomic mass is 19.1. The Bertz CT molecular complexity index is 1360. The van der Waals surface area contributed by atoms with E-state index >= 15 is 0 Å². The van der Waals surface area contributed by atoms with Gasteiger partial charge in [0.05, 0.1) is 25.1 Å². The van der Waals surface area contributed by atoms with Crippen molar-refractivity contribution in [2.24, 2.45) is 0 Å². The first kappa shape index (κ1) is 25.6. The molecule has 192 valence electrons. The fraction of sp³-hybridized carbons (Fsp3) is 0.192. The van der Waals surface area contributed by atoms with Crippen LogP contribution in [0.4, 0.5) is 25.0 Å². The normalized spacial score (nSPS) is 10.7. The lowest BCUT2D eigenvalue weighted by molar-refractivity contribution is 0.106. The van der Waals surface area contributed by atoms with E-state index < -0.39 is 17.7 Å². The van der Waals surface area contributed by atoms with Crippen molar-refractivity contribution < 1.29 is 27.8 Å². The van der Waals surface area contributed by atoms with E-state index in [2.05, 4.69) is 20.7 Å². The Labute approximate surface area is 212 Å². The Balaban J connectivity index is 1.58. The first-order valence-electron chi connectivity index (χ1n) is 11.4. The van der Waals surface area contributed by atoms with Gasteiger partial charge in [0.1, 0.15) is 24.0 Å². The van der Waals surface area contributed by atoms with Crippen molar-refractivity contribution >= 4 is 17.4 Å². The van der Waals surface area contributed by atoms with Gasteiger partial charge in [-0.2, -0.15) is 4.98 Å². The monoisotopic (exact) mass is 509 g/mol. The molecule has 2 N–H and O–H groups in total. The molecule has 4 aromatic rings. The van der Waals surface area contributed by atoms with Crippen LogP contribution in [0, 0.1) is 11.6 Å². The fourth-order valence-corrected chi connectivity index (χ4v) is 3.39. The summed E-state index contributed by atoms with van der Waals surface area (Å²) in [4.78, 5) is 17.0. The van der Waals surface area contributed by atoms with Crippen molar-refractivity contribution in [2.45, 2.75) is 6.92 Å². The maximum atomic E-state index is 13.9. The molecular weight excluding hydrogens is 484 g/mol. The van der Waals surface area contributed by atoms with Gasteiger partial charge < -0.3 is 24.8 Å². The molecule has 3 aromatic carbocycles. The molecule has 0 radical (unpaired) electrons. The first-order chi connectivity index (χ1) is 18.0. The molecule has 0 saturated heterocycles. The van der Waals surface area contributed by atoms with Gasteiger partial charge in [-0.3, -0.25) is 0 Å². The lowest BCUT2D eigenvalue weighted by atomic mass is 10.2. The van der Waals surface area contributed by atoms with Crippen LogP contribution in [0.1, 0.15) is 6.92 Å². The van der Waals surface area contributed by atoms with Crippen molar-refractivity contribution in [3.05, 3.63) is 78.4 Å². The maximum Gasteiger partial charge on any atom is 0.336 e. The van der Waals surface area contributed by atoms with Crippen LogP contribution in [0.2, 0.25) is 0 Å². The molecule has 0 unspecified atom stereocenters. The summed E-state index contributed by atoms with van der Waals surface area (Å²) >= 11 is 0. The molecule has 4 rings (SSSR count). The topological polar surface area (TPSA) is 99.5 Å². The van der Waals surface area contributed by atoms with Gasteiger partial charge in [-0.15, -0.1) is 5.10 Å². The number of amides is 2. The van der Waals surface area contributed by atoms with Crippen LogP contribution in [0.5, 0.6) is 11.8 Å². The number of hydrogen-bond donors (Lipinski definition) is 2. The van der Waals surface area contributed by atoms with Gasteiger partial charge >= 0.3 is 12.0 Å². The molecule has 0 fully saturated rings. The highest BCUT2D eigenvalue weighted by Gasteiger charge is 2.16. The van der Waals surface area contributed by atoms with Crippen molar-refractivity contribution in [1.29, 1.82) is 0 Å². The SMILES string of the molecule is CCOCCOc1nc(-c2ccc(OC)cc2)n(-c2cccc(NC(=O)Nc3ccc(F)cc3F)c2)n1. The molecule has 0 saturated carbocycles. The third-order valence-corrected chi connectivity index (χ3v) is 5.13. The highest BCUT2D eigenvalue weighted by molar-refractivity contribution is 6.00. The molecule has 0 aliphatic carbocycles. The quantitative estimate of drug-likeness (QED) is 0.282. The van der Waals surface area contributed by atoms with Crippen LogP contribution in [0.25, 0.3) is 17.1 Å². The van der Waals surface area contributed by atoms with E-state index in [0.29, 0.717) is 42.2 Å². The Morgan fingerprint density at radius 3 is 2.54 bits per heavy atom. The van der Waals surface area contributed by atoms with Gasteiger partial charge in [0.25, 0.3) is 0 Å². The zero-order valence-corrected chi connectivity index (χ0v) is 20.2. The fourth-order valence-electron chi connectivity index (χ4n) is 3.39. The van der Waals surface area contributed by atoms with E-state index in [1.807, 2.05) is 19.1 Å². The van der Waals surface area contributed by atoms with Crippen LogP contribution in [0.3, 0.4) is 0 Å². The van der Waals surface area contributed by atoms with Crippen molar-refractivity contribution in [1.82, 2.24) is 14.8 Å². The Kier molecular flexibility index (Phi) is 8.26. The summed E-state index contributed by atoms with van der Waals surface area (Å²) in [5, 5.41) is 9.48. The number of benzene rings is 3. The number of aromatic nitrogens is 3. The largest absolute Gasteiger partial charge is 0.497 e. The second-order valence-corrected chi connectivity index (χ2v) is 7.66. The molecule has 2 amide bonds. The molecule has 37 heavy (non-hydrogen) atoms. The molecule has 11 heteroatoms. The zero-order valence-electron chi connectivity index (χ0n) is 20.2. The molecule has 0 atom stereocenters. The number of anilines is 2. The highest BCUT2D eigenvalue weighted by Crippen LogP contribution is 2.27. The lowest BCUT2D eigenvalue weighted by Crippen LogP contribution is -2.20.